The van der Waals surface area contributed by atoms with Crippen molar-refractivity contribution in [3.05, 3.63) is 12.2 Å². The monoisotopic (exact) mass is 289 g/mol. The lowest BCUT2D eigenvalue weighted by Gasteiger charge is -2.30. The Kier molecular flexibility index (Phi) is 2.76. The van der Waals surface area contributed by atoms with Crippen molar-refractivity contribution in [2.75, 3.05) is 23.4 Å². The largest absolute Gasteiger partial charge is 0.356 e. The van der Waals surface area contributed by atoms with Gasteiger partial charge in [-0.2, -0.15) is 0 Å². The van der Waals surface area contributed by atoms with Gasteiger partial charge in [-0.1, -0.05) is 0 Å². The zero-order chi connectivity index (χ0) is 13.5. The molecule has 104 valence electrons. The van der Waals surface area contributed by atoms with Crippen LogP contribution >= 0.6 is 11.8 Å². The molecule has 2 aromatic rings. The maximum Gasteiger partial charge on any atom is 0.215 e. The van der Waals surface area contributed by atoms with E-state index < -0.39 is 0 Å². The van der Waals surface area contributed by atoms with Crippen molar-refractivity contribution in [1.29, 1.82) is 0 Å². The van der Waals surface area contributed by atoms with E-state index in [2.05, 4.69) is 30.5 Å². The second kappa shape index (κ2) is 4.62. The van der Waals surface area contributed by atoms with Gasteiger partial charge in [-0.3, -0.25) is 5.43 Å². The molecule has 2 aliphatic rings. The van der Waals surface area contributed by atoms with Crippen LogP contribution in [0, 0.1) is 6.92 Å². The van der Waals surface area contributed by atoms with Crippen molar-refractivity contribution in [3.8, 4) is 0 Å². The highest BCUT2D eigenvalue weighted by Gasteiger charge is 2.26. The highest BCUT2D eigenvalue weighted by atomic mass is 32.2. The van der Waals surface area contributed by atoms with Gasteiger partial charge < -0.3 is 4.90 Å². The standard InChI is InChI=1S/C12H15N7S/c1-8-15-16-12-19(8)17-10-9(20-12)11(14-7-13-10)18-5-3-2-4-6-18/h7H,2-6H2,1H3,(H,13,14,17). The second-order valence-corrected chi connectivity index (χ2v) is 5.98. The van der Waals surface area contributed by atoms with E-state index in [1.807, 2.05) is 11.6 Å². The minimum Gasteiger partial charge on any atom is -0.356 e. The number of anilines is 2. The van der Waals surface area contributed by atoms with Crippen LogP contribution in [0.1, 0.15) is 25.1 Å². The van der Waals surface area contributed by atoms with Gasteiger partial charge in [0.2, 0.25) is 5.16 Å². The molecule has 8 heteroatoms. The Morgan fingerprint density at radius 2 is 2.00 bits per heavy atom. The molecule has 0 amide bonds. The van der Waals surface area contributed by atoms with E-state index in [0.29, 0.717) is 0 Å². The summed E-state index contributed by atoms with van der Waals surface area (Å²) < 4.78 is 1.86. The Hall–Kier alpha value is -1.83. The van der Waals surface area contributed by atoms with Crippen molar-refractivity contribution < 1.29 is 0 Å². The molecule has 0 spiro atoms. The summed E-state index contributed by atoms with van der Waals surface area (Å²) in [7, 11) is 0. The quantitative estimate of drug-likeness (QED) is 0.731. The summed E-state index contributed by atoms with van der Waals surface area (Å²) in [5.41, 5.74) is 3.26. The number of hydrogen-bond donors (Lipinski definition) is 1. The minimum atomic E-state index is 0.830. The SMILES string of the molecule is Cc1nnc2n1Nc1ncnc(N3CCCCC3)c1S2. The number of aromatic nitrogens is 5. The fourth-order valence-electron chi connectivity index (χ4n) is 2.60. The summed E-state index contributed by atoms with van der Waals surface area (Å²) in [4.78, 5) is 12.2. The Labute approximate surface area is 120 Å². The van der Waals surface area contributed by atoms with E-state index in [1.54, 1.807) is 18.1 Å². The molecule has 2 aliphatic heterocycles. The third kappa shape index (κ3) is 1.82. The molecule has 1 fully saturated rings. The van der Waals surface area contributed by atoms with Gasteiger partial charge in [0.1, 0.15) is 22.9 Å². The predicted octanol–water partition coefficient (Wildman–Crippen LogP) is 1.71. The van der Waals surface area contributed by atoms with Gasteiger partial charge >= 0.3 is 0 Å². The van der Waals surface area contributed by atoms with E-state index in [1.165, 1.54) is 19.3 Å². The molecular formula is C12H15N7S. The van der Waals surface area contributed by atoms with Crippen molar-refractivity contribution >= 4 is 23.4 Å². The first-order valence-electron chi connectivity index (χ1n) is 6.80. The summed E-state index contributed by atoms with van der Waals surface area (Å²) in [6, 6.07) is 0. The molecule has 1 saturated heterocycles. The average Bonchev–Trinajstić information content (AvgIpc) is 2.86. The summed E-state index contributed by atoms with van der Waals surface area (Å²) in [5.74, 6) is 2.68. The lowest BCUT2D eigenvalue weighted by atomic mass is 10.1. The van der Waals surface area contributed by atoms with Gasteiger partial charge in [-0.15, -0.1) is 10.2 Å². The molecule has 4 heterocycles. The maximum absolute atomic E-state index is 4.49. The van der Waals surface area contributed by atoms with Gasteiger partial charge in [0.25, 0.3) is 0 Å². The summed E-state index contributed by atoms with van der Waals surface area (Å²) >= 11 is 1.58. The van der Waals surface area contributed by atoms with Gasteiger partial charge in [-0.25, -0.2) is 14.6 Å². The molecule has 0 atom stereocenters. The average molecular weight is 289 g/mol. The Morgan fingerprint density at radius 1 is 1.15 bits per heavy atom. The highest BCUT2D eigenvalue weighted by Crippen LogP contribution is 2.41. The zero-order valence-corrected chi connectivity index (χ0v) is 12.0. The summed E-state index contributed by atoms with van der Waals surface area (Å²) in [6.07, 6.45) is 5.39. The molecule has 20 heavy (non-hydrogen) atoms. The molecule has 7 nitrogen and oxygen atoms in total. The lowest BCUT2D eigenvalue weighted by molar-refractivity contribution is 0.569. The Balaban J connectivity index is 1.74. The predicted molar refractivity (Wildman–Crippen MR) is 76.0 cm³/mol. The normalized spacial score (nSPS) is 17.4. The minimum absolute atomic E-state index is 0.830. The van der Waals surface area contributed by atoms with Crippen LogP contribution in [0.5, 0.6) is 0 Å². The van der Waals surface area contributed by atoms with Gasteiger partial charge in [0.05, 0.1) is 0 Å². The molecule has 0 aliphatic carbocycles. The molecule has 0 aromatic carbocycles. The van der Waals surface area contributed by atoms with Crippen molar-refractivity contribution in [2.24, 2.45) is 0 Å². The third-order valence-electron chi connectivity index (χ3n) is 3.65. The first-order chi connectivity index (χ1) is 9.83. The lowest BCUT2D eigenvalue weighted by Crippen LogP contribution is -2.31. The fraction of sp³-hybridized carbons (Fsp3) is 0.500. The van der Waals surface area contributed by atoms with E-state index in [-0.39, 0.29) is 0 Å². The smallest absolute Gasteiger partial charge is 0.215 e. The van der Waals surface area contributed by atoms with Crippen LogP contribution in [0.15, 0.2) is 16.4 Å². The summed E-state index contributed by atoms with van der Waals surface area (Å²) in [5, 5.41) is 9.11. The molecule has 4 rings (SSSR count). The number of nitrogens with zero attached hydrogens (tertiary/aromatic N) is 6. The van der Waals surface area contributed by atoms with E-state index in [9.17, 15) is 0 Å². The molecular weight excluding hydrogens is 274 g/mol. The molecule has 1 N–H and O–H groups in total. The van der Waals surface area contributed by atoms with Crippen LogP contribution < -0.4 is 10.3 Å². The third-order valence-corrected chi connectivity index (χ3v) is 4.67. The number of nitrogens with one attached hydrogen (secondary N) is 1. The molecule has 0 radical (unpaired) electrons. The summed E-state index contributed by atoms with van der Waals surface area (Å²) in [6.45, 7) is 4.05. The molecule has 2 aromatic heterocycles. The first kappa shape index (κ1) is 12.0. The van der Waals surface area contributed by atoms with Crippen LogP contribution in [0.4, 0.5) is 11.6 Å². The Morgan fingerprint density at radius 3 is 2.85 bits per heavy atom. The van der Waals surface area contributed by atoms with Crippen LogP contribution in [0.25, 0.3) is 0 Å². The number of piperidine rings is 1. The number of aryl methyl sites for hydroxylation is 1. The highest BCUT2D eigenvalue weighted by molar-refractivity contribution is 7.99. The van der Waals surface area contributed by atoms with Crippen LogP contribution in [-0.4, -0.2) is 37.9 Å². The second-order valence-electron chi connectivity index (χ2n) is 5.00. The van der Waals surface area contributed by atoms with Crippen molar-refractivity contribution in [1.82, 2.24) is 24.8 Å². The topological polar surface area (TPSA) is 71.8 Å². The first-order valence-corrected chi connectivity index (χ1v) is 7.61. The zero-order valence-electron chi connectivity index (χ0n) is 11.2. The van der Waals surface area contributed by atoms with E-state index in [0.717, 1.165) is 40.6 Å². The van der Waals surface area contributed by atoms with E-state index >= 15 is 0 Å². The number of hydrogen-bond acceptors (Lipinski definition) is 7. The molecule has 0 unspecified atom stereocenters. The Bertz CT molecular complexity index is 647. The number of fused-ring (bicyclic) bond motifs is 2. The fourth-order valence-corrected chi connectivity index (χ4v) is 3.61. The van der Waals surface area contributed by atoms with E-state index in [4.69, 9.17) is 0 Å². The van der Waals surface area contributed by atoms with Gasteiger partial charge in [-0.05, 0) is 37.9 Å². The van der Waals surface area contributed by atoms with Crippen LogP contribution in [-0.2, 0) is 0 Å². The van der Waals surface area contributed by atoms with Crippen molar-refractivity contribution in [2.45, 2.75) is 36.2 Å². The molecule has 0 saturated carbocycles. The number of rotatable bonds is 1. The maximum atomic E-state index is 4.49. The van der Waals surface area contributed by atoms with Gasteiger partial charge in [0, 0.05) is 13.1 Å². The van der Waals surface area contributed by atoms with Crippen LogP contribution in [0.2, 0.25) is 0 Å². The van der Waals surface area contributed by atoms with Gasteiger partial charge in [0.15, 0.2) is 5.82 Å². The molecule has 0 bridgehead atoms. The van der Waals surface area contributed by atoms with Crippen LogP contribution in [0.3, 0.4) is 0 Å². The van der Waals surface area contributed by atoms with Crippen molar-refractivity contribution in [3.63, 3.8) is 0 Å².